The highest BCUT2D eigenvalue weighted by Crippen LogP contribution is 2.20. The van der Waals surface area contributed by atoms with Gasteiger partial charge in [-0.05, 0) is 18.1 Å². The second kappa shape index (κ2) is 11.5. The Morgan fingerprint density at radius 2 is 1.65 bits per heavy atom. The summed E-state index contributed by atoms with van der Waals surface area (Å²) in [5.74, 6) is -5.99. The molecule has 13 heteroatoms. The number of fused-ring (bicyclic) bond motifs is 1. The Labute approximate surface area is 193 Å². The summed E-state index contributed by atoms with van der Waals surface area (Å²) in [7, 11) is 1.72. The second-order valence-corrected chi connectivity index (χ2v) is 7.89. The van der Waals surface area contributed by atoms with Crippen molar-refractivity contribution in [2.24, 2.45) is 5.73 Å². The molecule has 2 aliphatic heterocycles. The molecule has 0 aromatic heterocycles. The fourth-order valence-electron chi connectivity index (χ4n) is 3.67. The largest absolute Gasteiger partial charge is 0.478 e. The van der Waals surface area contributed by atoms with Crippen molar-refractivity contribution in [3.05, 3.63) is 47.3 Å². The van der Waals surface area contributed by atoms with Gasteiger partial charge >= 0.3 is 18.0 Å². The van der Waals surface area contributed by atoms with E-state index in [0.717, 1.165) is 6.07 Å². The molecule has 0 spiro atoms. The van der Waals surface area contributed by atoms with Gasteiger partial charge in [-0.25, -0.2) is 27.6 Å². The van der Waals surface area contributed by atoms with Gasteiger partial charge in [0.15, 0.2) is 11.6 Å². The van der Waals surface area contributed by atoms with Gasteiger partial charge in [-0.15, -0.1) is 0 Å². The van der Waals surface area contributed by atoms with Crippen LogP contribution in [0.25, 0.3) is 0 Å². The Morgan fingerprint density at radius 1 is 1.06 bits per heavy atom. The fraction of sp³-hybridized carbons (Fsp3) is 0.429. The Kier molecular flexibility index (Phi) is 9.01. The number of amides is 3. The molecule has 1 unspecified atom stereocenters. The molecule has 2 heterocycles. The molecule has 34 heavy (non-hydrogen) atoms. The molecule has 3 rings (SSSR count). The molecule has 1 aromatic rings. The normalized spacial score (nSPS) is 18.4. The van der Waals surface area contributed by atoms with Crippen molar-refractivity contribution in [1.82, 2.24) is 14.7 Å². The summed E-state index contributed by atoms with van der Waals surface area (Å²) in [6.45, 7) is 1.88. The fourth-order valence-corrected chi connectivity index (χ4v) is 3.67. The number of urea groups is 1. The van der Waals surface area contributed by atoms with Crippen molar-refractivity contribution in [1.29, 1.82) is 0 Å². The van der Waals surface area contributed by atoms with Gasteiger partial charge in [0.25, 0.3) is 0 Å². The van der Waals surface area contributed by atoms with Crippen LogP contribution in [-0.2, 0) is 20.8 Å². The molecule has 2 saturated heterocycles. The van der Waals surface area contributed by atoms with Crippen LogP contribution in [0.5, 0.6) is 0 Å². The third-order valence-corrected chi connectivity index (χ3v) is 5.27. The molecule has 0 aliphatic carbocycles. The molecule has 2 atom stereocenters. The molecule has 0 saturated carbocycles. The lowest BCUT2D eigenvalue weighted by Crippen LogP contribution is -2.54. The monoisotopic (exact) mass is 486 g/mol. The minimum Gasteiger partial charge on any atom is -0.478 e. The Bertz CT molecular complexity index is 974. The van der Waals surface area contributed by atoms with Crippen LogP contribution in [-0.4, -0.2) is 94.1 Å². The van der Waals surface area contributed by atoms with Crippen LogP contribution in [0.2, 0.25) is 0 Å². The molecule has 2 fully saturated rings. The molecular formula is C21H25F3N4O6. The van der Waals surface area contributed by atoms with Gasteiger partial charge in [-0.1, -0.05) is 0 Å². The summed E-state index contributed by atoms with van der Waals surface area (Å²) < 4.78 is 39.9. The average molecular weight is 486 g/mol. The molecule has 0 bridgehead atoms. The number of nitrogens with two attached hydrogens (primary N) is 1. The number of carbonyl (C=O) groups is 4. The predicted molar refractivity (Wildman–Crippen MR) is 112 cm³/mol. The SMILES string of the molecule is CN1CC2CN(C(=O)C[C@H](N)Cc3cc(F)c(F)cc3F)CCN2C1=O.O=C(O)/C=C/C(=O)O. The number of halogens is 3. The summed E-state index contributed by atoms with van der Waals surface area (Å²) >= 11 is 0. The van der Waals surface area contributed by atoms with E-state index >= 15 is 0 Å². The zero-order valence-corrected chi connectivity index (χ0v) is 18.3. The van der Waals surface area contributed by atoms with Crippen molar-refractivity contribution < 1.29 is 42.6 Å². The van der Waals surface area contributed by atoms with Gasteiger partial charge in [0.1, 0.15) is 5.82 Å². The highest BCUT2D eigenvalue weighted by Gasteiger charge is 2.40. The molecule has 3 amide bonds. The predicted octanol–water partition coefficient (Wildman–Crippen LogP) is 0.654. The highest BCUT2D eigenvalue weighted by molar-refractivity contribution is 5.89. The minimum atomic E-state index is -1.26. The number of carboxylic acids is 2. The molecule has 0 radical (unpaired) electrons. The van der Waals surface area contributed by atoms with Crippen LogP contribution in [0.15, 0.2) is 24.3 Å². The summed E-state index contributed by atoms with van der Waals surface area (Å²) in [6, 6.07) is 0.463. The third-order valence-electron chi connectivity index (χ3n) is 5.27. The number of carboxylic acid groups (broad SMARTS) is 2. The summed E-state index contributed by atoms with van der Waals surface area (Å²) in [5, 5.41) is 15.6. The van der Waals surface area contributed by atoms with Crippen molar-refractivity contribution in [3.8, 4) is 0 Å². The van der Waals surface area contributed by atoms with Gasteiger partial charge in [0.05, 0.1) is 6.04 Å². The Morgan fingerprint density at radius 3 is 2.24 bits per heavy atom. The maximum atomic E-state index is 13.7. The van der Waals surface area contributed by atoms with Crippen LogP contribution in [0, 0.1) is 17.5 Å². The van der Waals surface area contributed by atoms with Crippen molar-refractivity contribution in [3.63, 3.8) is 0 Å². The van der Waals surface area contributed by atoms with E-state index in [1.807, 2.05) is 0 Å². The summed E-state index contributed by atoms with van der Waals surface area (Å²) in [6.07, 6.45) is 1.01. The van der Waals surface area contributed by atoms with Crippen molar-refractivity contribution >= 4 is 23.9 Å². The van der Waals surface area contributed by atoms with E-state index in [2.05, 4.69) is 0 Å². The lowest BCUT2D eigenvalue weighted by molar-refractivity contribution is -0.134. The molecule has 186 valence electrons. The number of rotatable bonds is 6. The Hall–Kier alpha value is -3.61. The maximum Gasteiger partial charge on any atom is 0.328 e. The molecule has 10 nitrogen and oxygen atoms in total. The maximum absolute atomic E-state index is 13.7. The summed E-state index contributed by atoms with van der Waals surface area (Å²) in [5.41, 5.74) is 5.86. The number of likely N-dealkylation sites (N-methyl/N-ethyl adjacent to an activating group) is 1. The van der Waals surface area contributed by atoms with Gasteiger partial charge in [0, 0.05) is 63.9 Å². The number of piperazine rings is 1. The molecule has 1 aromatic carbocycles. The lowest BCUT2D eigenvalue weighted by atomic mass is 10.0. The first-order valence-electron chi connectivity index (χ1n) is 10.2. The van der Waals surface area contributed by atoms with Crippen molar-refractivity contribution in [2.45, 2.75) is 24.9 Å². The Balaban J connectivity index is 0.000000440. The smallest absolute Gasteiger partial charge is 0.328 e. The number of nitrogens with zero attached hydrogens (tertiary/aromatic N) is 3. The number of benzene rings is 1. The highest BCUT2D eigenvalue weighted by atomic mass is 19.2. The zero-order valence-electron chi connectivity index (χ0n) is 18.3. The van der Waals surface area contributed by atoms with Crippen LogP contribution in [0.4, 0.5) is 18.0 Å². The van der Waals surface area contributed by atoms with E-state index in [4.69, 9.17) is 15.9 Å². The van der Waals surface area contributed by atoms with Gasteiger partial charge < -0.3 is 30.6 Å². The van der Waals surface area contributed by atoms with Gasteiger partial charge in [-0.2, -0.15) is 0 Å². The van der Waals surface area contributed by atoms with E-state index in [1.54, 1.807) is 21.7 Å². The topological polar surface area (TPSA) is 144 Å². The first kappa shape index (κ1) is 26.6. The van der Waals surface area contributed by atoms with E-state index in [-0.39, 0.29) is 36.4 Å². The third kappa shape index (κ3) is 7.20. The van der Waals surface area contributed by atoms with Gasteiger partial charge in [-0.3, -0.25) is 4.79 Å². The van der Waals surface area contributed by atoms with E-state index < -0.39 is 35.4 Å². The van der Waals surface area contributed by atoms with Gasteiger partial charge in [0.2, 0.25) is 5.91 Å². The summed E-state index contributed by atoms with van der Waals surface area (Å²) in [4.78, 5) is 48.5. The minimum absolute atomic E-state index is 0.0328. The van der Waals surface area contributed by atoms with E-state index in [1.165, 1.54) is 0 Å². The second-order valence-electron chi connectivity index (χ2n) is 7.89. The van der Waals surface area contributed by atoms with E-state index in [0.29, 0.717) is 44.4 Å². The van der Waals surface area contributed by atoms with Crippen LogP contribution in [0.1, 0.15) is 12.0 Å². The number of carbonyl (C=O) groups excluding carboxylic acids is 2. The van der Waals surface area contributed by atoms with E-state index in [9.17, 15) is 32.3 Å². The quantitative estimate of drug-likeness (QED) is 0.396. The zero-order chi connectivity index (χ0) is 25.6. The molecule has 2 aliphatic rings. The van der Waals surface area contributed by atoms with Crippen molar-refractivity contribution in [2.75, 3.05) is 33.2 Å². The average Bonchev–Trinajstić information content (AvgIpc) is 3.04. The molecule has 4 N–H and O–H groups in total. The lowest BCUT2D eigenvalue weighted by Gasteiger charge is -2.36. The number of hydrogen-bond acceptors (Lipinski definition) is 5. The number of aliphatic carboxylic acids is 2. The number of hydrogen-bond donors (Lipinski definition) is 3. The van der Waals surface area contributed by atoms with Crippen LogP contribution < -0.4 is 5.73 Å². The van der Waals surface area contributed by atoms with Crippen LogP contribution >= 0.6 is 0 Å². The first-order valence-corrected chi connectivity index (χ1v) is 10.2. The first-order chi connectivity index (χ1) is 15.9. The standard InChI is InChI=1S/C17H21F3N4O2.C4H4O4/c1-22-8-12-9-23(2-3-24(12)17(22)26)16(25)6-11(21)4-10-5-14(19)15(20)7-13(10)18;5-3(6)1-2-4(7)8/h5,7,11-12H,2-4,6,8-9,21H2,1H3;1-2H,(H,5,6)(H,7,8)/b;2-1+/t11-,12?;/m1./s1. The van der Waals surface area contributed by atoms with Crippen LogP contribution in [0.3, 0.4) is 0 Å². The molecular weight excluding hydrogens is 461 g/mol.